The van der Waals surface area contributed by atoms with E-state index in [1.165, 1.54) is 25.7 Å². The van der Waals surface area contributed by atoms with Crippen LogP contribution in [0.1, 0.15) is 44.6 Å². The molecular weight excluding hydrogens is 402 g/mol. The summed E-state index contributed by atoms with van der Waals surface area (Å²) >= 11 is 6.01. The largest absolute Gasteiger partial charge is 1.00 e. The molecule has 25 heavy (non-hydrogen) atoms. The molecule has 1 unspecified atom stereocenters. The van der Waals surface area contributed by atoms with Crippen LogP contribution in [0.15, 0.2) is 42.7 Å². The summed E-state index contributed by atoms with van der Waals surface area (Å²) in [7, 11) is 0. The Labute approximate surface area is 165 Å². The van der Waals surface area contributed by atoms with E-state index in [4.69, 9.17) is 11.6 Å². The lowest BCUT2D eigenvalue weighted by atomic mass is 10.0. The maximum Gasteiger partial charge on any atom is 0.396 e. The number of halogens is 2. The van der Waals surface area contributed by atoms with Gasteiger partial charge in [0.25, 0.3) is 0 Å². The molecule has 1 N–H and O–H groups in total. The zero-order chi connectivity index (χ0) is 17.0. The number of hydrogen-bond acceptors (Lipinski definition) is 3. The molecule has 1 aliphatic heterocycles. The van der Waals surface area contributed by atoms with E-state index in [2.05, 4.69) is 11.9 Å². The summed E-state index contributed by atoms with van der Waals surface area (Å²) in [5, 5.41) is 12.1. The minimum atomic E-state index is -1.07. The minimum Gasteiger partial charge on any atom is -1.00 e. The lowest BCUT2D eigenvalue weighted by Crippen LogP contribution is -3.00. The first kappa shape index (κ1) is 20.1. The summed E-state index contributed by atoms with van der Waals surface area (Å²) in [6.07, 6.45) is 9.72. The predicted molar refractivity (Wildman–Crippen MR) is 95.9 cm³/mol. The minimum absolute atomic E-state index is 0. The smallest absolute Gasteiger partial charge is 0.396 e. The zero-order valence-electron chi connectivity index (χ0n) is 14.5. The van der Waals surface area contributed by atoms with E-state index in [0.29, 0.717) is 11.6 Å². The van der Waals surface area contributed by atoms with Crippen molar-refractivity contribution in [1.29, 1.82) is 0 Å². The number of unbranched alkanes of at least 4 members (excludes halogenated alkanes) is 4. The Kier molecular flexibility index (Phi) is 7.23. The molecule has 2 heterocycles. The molecule has 1 aliphatic rings. The van der Waals surface area contributed by atoms with E-state index in [1.807, 2.05) is 46.0 Å². The summed E-state index contributed by atoms with van der Waals surface area (Å²) in [4.78, 5) is 6.53. The lowest BCUT2D eigenvalue weighted by molar-refractivity contribution is -0.685. The second-order valence-corrected chi connectivity index (χ2v) is 6.87. The van der Waals surface area contributed by atoms with Gasteiger partial charge >= 0.3 is 5.95 Å². The van der Waals surface area contributed by atoms with Crippen LogP contribution in [-0.4, -0.2) is 16.6 Å². The highest BCUT2D eigenvalue weighted by Gasteiger charge is 2.51. The van der Waals surface area contributed by atoms with E-state index in [9.17, 15) is 5.11 Å². The number of anilines is 1. The van der Waals surface area contributed by atoms with Crippen molar-refractivity contribution >= 4 is 17.5 Å². The Hall–Kier alpha value is -1.17. The molecule has 0 amide bonds. The van der Waals surface area contributed by atoms with Crippen molar-refractivity contribution in [1.82, 2.24) is 4.98 Å². The van der Waals surface area contributed by atoms with Crippen molar-refractivity contribution < 1.29 is 26.7 Å². The van der Waals surface area contributed by atoms with Gasteiger partial charge in [-0.05, 0) is 18.6 Å². The molecule has 1 atom stereocenters. The van der Waals surface area contributed by atoms with Gasteiger partial charge in [0.15, 0.2) is 0 Å². The van der Waals surface area contributed by atoms with Crippen LogP contribution in [0.2, 0.25) is 5.02 Å². The molecule has 0 aliphatic carbocycles. The third-order valence-electron chi connectivity index (χ3n) is 4.67. The molecule has 0 bridgehead atoms. The van der Waals surface area contributed by atoms with Gasteiger partial charge in [0.1, 0.15) is 12.7 Å². The fourth-order valence-corrected chi connectivity index (χ4v) is 3.48. The van der Waals surface area contributed by atoms with Gasteiger partial charge in [-0.2, -0.15) is 0 Å². The van der Waals surface area contributed by atoms with Crippen molar-refractivity contribution in [3.63, 3.8) is 0 Å². The number of rotatable bonds is 7. The second kappa shape index (κ2) is 8.97. The van der Waals surface area contributed by atoms with Crippen LogP contribution < -0.4 is 26.4 Å². The second-order valence-electron chi connectivity index (χ2n) is 6.44. The molecule has 2 aromatic rings. The van der Waals surface area contributed by atoms with Crippen LogP contribution in [0.4, 0.5) is 5.95 Å². The molecule has 0 spiro atoms. The maximum absolute atomic E-state index is 11.5. The maximum atomic E-state index is 11.5. The molecule has 0 saturated carbocycles. The van der Waals surface area contributed by atoms with Crippen LogP contribution in [-0.2, 0) is 12.3 Å². The molecule has 6 heteroatoms. The Morgan fingerprint density at radius 1 is 1.20 bits per heavy atom. The molecule has 1 aromatic carbocycles. The highest BCUT2D eigenvalue weighted by molar-refractivity contribution is 6.30. The average molecular weight is 427 g/mol. The first-order valence-electron chi connectivity index (χ1n) is 8.75. The Bertz CT molecular complexity index is 683. The molecule has 3 rings (SSSR count). The molecule has 136 valence electrons. The summed E-state index contributed by atoms with van der Waals surface area (Å²) in [5.74, 6) is 0.824. The number of fused-ring (bicyclic) bond motifs is 1. The quantitative estimate of drug-likeness (QED) is 0.522. The first-order chi connectivity index (χ1) is 11.6. The summed E-state index contributed by atoms with van der Waals surface area (Å²) in [6, 6.07) is 9.36. The van der Waals surface area contributed by atoms with Crippen molar-refractivity contribution in [3.8, 4) is 0 Å². The lowest BCUT2D eigenvalue weighted by Gasteiger charge is -2.28. The number of benzene rings is 1. The van der Waals surface area contributed by atoms with E-state index in [1.54, 1.807) is 6.20 Å². The Morgan fingerprint density at radius 2 is 1.92 bits per heavy atom. The fraction of sp³-hybridized carbons (Fsp3) is 0.474. The Morgan fingerprint density at radius 3 is 2.64 bits per heavy atom. The van der Waals surface area contributed by atoms with E-state index in [0.717, 1.165) is 24.5 Å². The standard InChI is InChI=1S/C19H25ClN3O.BrH/c1-2-3-4-5-6-14-23-18-21-12-7-13-22(18)15-19(23,24)16-8-10-17(20)11-9-16;/h7-13,24H,2-6,14-15H2,1H3;1H/q+1;/p-1. The van der Waals surface area contributed by atoms with Crippen LogP contribution in [0.5, 0.6) is 0 Å². The van der Waals surface area contributed by atoms with Gasteiger partial charge in [-0.25, -0.2) is 9.47 Å². The van der Waals surface area contributed by atoms with E-state index in [-0.39, 0.29) is 17.0 Å². The molecule has 1 aromatic heterocycles. The fourth-order valence-electron chi connectivity index (χ4n) is 3.35. The monoisotopic (exact) mass is 425 g/mol. The topological polar surface area (TPSA) is 40.2 Å². The highest BCUT2D eigenvalue weighted by atomic mass is 79.9. The van der Waals surface area contributed by atoms with Crippen molar-refractivity contribution in [2.75, 3.05) is 11.4 Å². The molecule has 0 fully saturated rings. The number of aliphatic hydroxyl groups is 1. The van der Waals surface area contributed by atoms with E-state index < -0.39 is 5.72 Å². The summed E-state index contributed by atoms with van der Waals surface area (Å²) in [6.45, 7) is 3.49. The first-order valence-corrected chi connectivity index (χ1v) is 9.13. The van der Waals surface area contributed by atoms with Gasteiger partial charge in [0.05, 0.1) is 12.7 Å². The number of aromatic nitrogens is 2. The van der Waals surface area contributed by atoms with Crippen molar-refractivity contribution in [2.24, 2.45) is 0 Å². The normalized spacial score (nSPS) is 18.8. The van der Waals surface area contributed by atoms with Crippen LogP contribution in [0, 0.1) is 0 Å². The third-order valence-corrected chi connectivity index (χ3v) is 4.92. The zero-order valence-corrected chi connectivity index (χ0v) is 16.9. The van der Waals surface area contributed by atoms with Crippen LogP contribution in [0.3, 0.4) is 0 Å². The highest BCUT2D eigenvalue weighted by Crippen LogP contribution is 2.34. The molecule has 0 radical (unpaired) electrons. The summed E-state index contributed by atoms with van der Waals surface area (Å²) < 4.78 is 2.01. The molecule has 4 nitrogen and oxygen atoms in total. The predicted octanol–water partition coefficient (Wildman–Crippen LogP) is 0.662. The van der Waals surface area contributed by atoms with Gasteiger partial charge in [0.2, 0.25) is 5.72 Å². The van der Waals surface area contributed by atoms with Gasteiger partial charge < -0.3 is 22.1 Å². The Balaban J connectivity index is 0.00000225. The third kappa shape index (κ3) is 4.33. The van der Waals surface area contributed by atoms with Crippen molar-refractivity contribution in [3.05, 3.63) is 53.3 Å². The van der Waals surface area contributed by atoms with Gasteiger partial charge in [-0.1, -0.05) is 61.3 Å². The number of nitrogens with zero attached hydrogens (tertiary/aromatic N) is 3. The molecule has 0 saturated heterocycles. The summed E-state index contributed by atoms with van der Waals surface area (Å²) in [5.41, 5.74) is -0.220. The van der Waals surface area contributed by atoms with Crippen LogP contribution in [0.25, 0.3) is 0 Å². The molecular formula is C19H25BrClN3O. The van der Waals surface area contributed by atoms with Crippen LogP contribution >= 0.6 is 11.6 Å². The van der Waals surface area contributed by atoms with Gasteiger partial charge in [-0.3, -0.25) is 0 Å². The van der Waals surface area contributed by atoms with Gasteiger partial charge in [-0.15, -0.1) is 0 Å². The average Bonchev–Trinajstić information content (AvgIpc) is 2.88. The van der Waals surface area contributed by atoms with Gasteiger partial charge in [0, 0.05) is 16.7 Å². The number of hydrogen-bond donors (Lipinski definition) is 1. The van der Waals surface area contributed by atoms with E-state index >= 15 is 0 Å². The SMILES string of the molecule is CCCCCCCN1c2nccc[n+]2CC1(O)c1ccc(Cl)cc1.[Br-]. The van der Waals surface area contributed by atoms with Crippen molar-refractivity contribution in [2.45, 2.75) is 51.3 Å².